The smallest absolute Gasteiger partial charge is 0.259 e. The molecule has 0 saturated heterocycles. The lowest BCUT2D eigenvalue weighted by molar-refractivity contribution is 0.102. The van der Waals surface area contributed by atoms with Crippen molar-refractivity contribution < 1.29 is 9.90 Å². The van der Waals surface area contributed by atoms with E-state index in [1.165, 1.54) is 0 Å². The van der Waals surface area contributed by atoms with Crippen molar-refractivity contribution in [3.8, 4) is 5.75 Å². The first-order valence-corrected chi connectivity index (χ1v) is 10.1. The summed E-state index contributed by atoms with van der Waals surface area (Å²) in [5, 5.41) is 24.4. The highest BCUT2D eigenvalue weighted by Crippen LogP contribution is 2.39. The van der Waals surface area contributed by atoms with Crippen LogP contribution in [-0.2, 0) is 0 Å². The highest BCUT2D eigenvalue weighted by atomic mass is 35.5. The molecule has 0 radical (unpaired) electrons. The number of aryl methyl sites for hydroxylation is 2. The van der Waals surface area contributed by atoms with Crippen LogP contribution in [0.1, 0.15) is 21.5 Å². The molecule has 1 amide bonds. The van der Waals surface area contributed by atoms with Crippen LogP contribution in [0, 0.1) is 13.8 Å². The summed E-state index contributed by atoms with van der Waals surface area (Å²) in [5.74, 6) is -0.642. The predicted octanol–water partition coefficient (Wildman–Crippen LogP) is 7.48. The number of carbonyl (C=O) groups excluding carboxylic acids is 1. The summed E-state index contributed by atoms with van der Waals surface area (Å²) in [7, 11) is 0. The maximum absolute atomic E-state index is 13.0. The van der Waals surface area contributed by atoms with E-state index in [0.29, 0.717) is 21.8 Å². The molecule has 31 heavy (non-hydrogen) atoms. The van der Waals surface area contributed by atoms with E-state index in [4.69, 9.17) is 11.6 Å². The molecule has 0 atom stereocenters. The minimum absolute atomic E-state index is 0.128. The average Bonchev–Trinajstić information content (AvgIpc) is 2.76. The lowest BCUT2D eigenvalue weighted by atomic mass is 10.0. The Morgan fingerprint density at radius 1 is 0.935 bits per heavy atom. The Bertz CT molecular complexity index is 1310. The molecule has 0 bridgehead atoms. The Labute approximate surface area is 185 Å². The number of nitrogens with one attached hydrogen (secondary N) is 1. The van der Waals surface area contributed by atoms with Gasteiger partial charge in [-0.3, -0.25) is 4.79 Å². The molecule has 154 valence electrons. The minimum atomic E-state index is -0.418. The molecule has 5 nitrogen and oxygen atoms in total. The normalized spacial score (nSPS) is 11.2. The van der Waals surface area contributed by atoms with Gasteiger partial charge in [-0.15, -0.1) is 5.11 Å². The summed E-state index contributed by atoms with van der Waals surface area (Å²) < 4.78 is 0. The van der Waals surface area contributed by atoms with Crippen molar-refractivity contribution in [2.45, 2.75) is 13.8 Å². The van der Waals surface area contributed by atoms with Gasteiger partial charge in [-0.1, -0.05) is 53.6 Å². The molecule has 0 heterocycles. The third-order valence-corrected chi connectivity index (χ3v) is 5.21. The largest absolute Gasteiger partial charge is 0.505 e. The van der Waals surface area contributed by atoms with Crippen LogP contribution in [0.2, 0.25) is 5.02 Å². The van der Waals surface area contributed by atoms with Gasteiger partial charge in [-0.25, -0.2) is 0 Å². The monoisotopic (exact) mass is 429 g/mol. The number of benzene rings is 4. The summed E-state index contributed by atoms with van der Waals surface area (Å²) in [5.41, 5.74) is 3.68. The van der Waals surface area contributed by atoms with Gasteiger partial charge in [0.05, 0.1) is 11.3 Å². The van der Waals surface area contributed by atoms with Crippen molar-refractivity contribution in [1.82, 2.24) is 0 Å². The van der Waals surface area contributed by atoms with Gasteiger partial charge >= 0.3 is 0 Å². The Morgan fingerprint density at radius 2 is 1.68 bits per heavy atom. The number of fused-ring (bicyclic) bond motifs is 1. The van der Waals surface area contributed by atoms with Crippen LogP contribution in [0.25, 0.3) is 10.8 Å². The first-order chi connectivity index (χ1) is 14.9. The number of hydrogen-bond acceptors (Lipinski definition) is 4. The van der Waals surface area contributed by atoms with Crippen LogP contribution in [-0.4, -0.2) is 11.0 Å². The predicted molar refractivity (Wildman–Crippen MR) is 125 cm³/mol. The number of azo groups is 1. The van der Waals surface area contributed by atoms with Gasteiger partial charge < -0.3 is 10.4 Å². The maximum Gasteiger partial charge on any atom is 0.259 e. The topological polar surface area (TPSA) is 74.0 Å². The number of phenolic OH excluding ortho intramolecular Hbond substituents is 1. The number of phenols is 1. The summed E-state index contributed by atoms with van der Waals surface area (Å²) >= 11 is 5.92. The molecule has 2 N–H and O–H groups in total. The number of amides is 1. The Hall–Kier alpha value is -3.70. The molecule has 6 heteroatoms. The molecule has 4 aromatic carbocycles. The third-order valence-electron chi connectivity index (χ3n) is 4.96. The van der Waals surface area contributed by atoms with E-state index < -0.39 is 5.91 Å². The summed E-state index contributed by atoms with van der Waals surface area (Å²) in [4.78, 5) is 13.0. The van der Waals surface area contributed by atoms with E-state index in [2.05, 4.69) is 15.5 Å². The molecule has 0 aliphatic heterocycles. The molecule has 0 saturated carbocycles. The molecule has 0 fully saturated rings. The highest BCUT2D eigenvalue weighted by Gasteiger charge is 2.19. The van der Waals surface area contributed by atoms with Crippen molar-refractivity contribution in [2.75, 3.05) is 5.32 Å². The van der Waals surface area contributed by atoms with Crippen molar-refractivity contribution in [3.63, 3.8) is 0 Å². The Kier molecular flexibility index (Phi) is 5.69. The summed E-state index contributed by atoms with van der Waals surface area (Å²) in [6, 6.07) is 21.7. The van der Waals surface area contributed by atoms with E-state index in [9.17, 15) is 9.90 Å². The van der Waals surface area contributed by atoms with Gasteiger partial charge in [0, 0.05) is 16.1 Å². The van der Waals surface area contributed by atoms with Crippen molar-refractivity contribution in [1.29, 1.82) is 0 Å². The fraction of sp³-hybridized carbons (Fsp3) is 0.0800. The fourth-order valence-corrected chi connectivity index (χ4v) is 3.48. The van der Waals surface area contributed by atoms with Gasteiger partial charge in [0.25, 0.3) is 5.91 Å². The molecule has 4 aromatic rings. The molecule has 0 aliphatic rings. The molecule has 0 unspecified atom stereocenters. The second-order valence-corrected chi connectivity index (χ2v) is 7.73. The molecule has 0 aromatic heterocycles. The van der Waals surface area contributed by atoms with E-state index in [-0.39, 0.29) is 17.0 Å². The Balaban J connectivity index is 1.76. The summed E-state index contributed by atoms with van der Waals surface area (Å²) in [6.07, 6.45) is 0. The standard InChI is InChI=1S/C25H20ClN3O2/c1-15-7-12-22(16(2)13-15)27-25(31)21-14-17-5-3-4-6-20(17)23(24(21)30)29-28-19-10-8-18(26)9-11-19/h3-14,30H,1-2H3,(H,27,31). The van der Waals surface area contributed by atoms with E-state index in [1.807, 2.05) is 56.3 Å². The van der Waals surface area contributed by atoms with Crippen LogP contribution < -0.4 is 5.32 Å². The van der Waals surface area contributed by atoms with Crippen LogP contribution >= 0.6 is 11.6 Å². The highest BCUT2D eigenvalue weighted by molar-refractivity contribution is 6.30. The fourth-order valence-electron chi connectivity index (χ4n) is 3.35. The van der Waals surface area contributed by atoms with Crippen molar-refractivity contribution in [2.24, 2.45) is 10.2 Å². The zero-order chi connectivity index (χ0) is 22.0. The number of rotatable bonds is 4. The summed E-state index contributed by atoms with van der Waals surface area (Å²) in [6.45, 7) is 3.92. The van der Waals surface area contributed by atoms with E-state index in [0.717, 1.165) is 16.5 Å². The lowest BCUT2D eigenvalue weighted by Crippen LogP contribution is -2.13. The van der Waals surface area contributed by atoms with Crippen molar-refractivity contribution >= 4 is 45.3 Å². The molecule has 4 rings (SSSR count). The minimum Gasteiger partial charge on any atom is -0.505 e. The van der Waals surface area contributed by atoms with Gasteiger partial charge in [0.2, 0.25) is 0 Å². The second kappa shape index (κ2) is 8.58. The second-order valence-electron chi connectivity index (χ2n) is 7.29. The molecular weight excluding hydrogens is 410 g/mol. The van der Waals surface area contributed by atoms with Crippen molar-refractivity contribution in [3.05, 3.63) is 94.5 Å². The third kappa shape index (κ3) is 4.42. The first-order valence-electron chi connectivity index (χ1n) is 9.73. The average molecular weight is 430 g/mol. The van der Waals surface area contributed by atoms with Crippen LogP contribution in [0.5, 0.6) is 5.75 Å². The molecule has 0 aliphatic carbocycles. The maximum atomic E-state index is 13.0. The lowest BCUT2D eigenvalue weighted by Gasteiger charge is -2.12. The molecule has 0 spiro atoms. The van der Waals surface area contributed by atoms with Gasteiger partial charge in [0.1, 0.15) is 5.69 Å². The number of carbonyl (C=O) groups is 1. The SMILES string of the molecule is Cc1ccc(NC(=O)c2cc3ccccc3c(N=Nc3ccc(Cl)cc3)c2O)c(C)c1. The number of aromatic hydroxyl groups is 1. The van der Waals surface area contributed by atoms with Gasteiger partial charge in [-0.2, -0.15) is 5.11 Å². The van der Waals surface area contributed by atoms with Crippen LogP contribution in [0.3, 0.4) is 0 Å². The number of hydrogen-bond donors (Lipinski definition) is 2. The number of anilines is 1. The molecular formula is C25H20ClN3O2. The van der Waals surface area contributed by atoms with E-state index in [1.54, 1.807) is 30.3 Å². The number of nitrogens with zero attached hydrogens (tertiary/aromatic N) is 2. The van der Waals surface area contributed by atoms with E-state index >= 15 is 0 Å². The zero-order valence-electron chi connectivity index (χ0n) is 17.1. The van der Waals surface area contributed by atoms with Crippen LogP contribution in [0.15, 0.2) is 83.0 Å². The number of halogens is 1. The van der Waals surface area contributed by atoms with Gasteiger partial charge in [-0.05, 0) is 61.2 Å². The quantitative estimate of drug-likeness (QED) is 0.330. The zero-order valence-corrected chi connectivity index (χ0v) is 17.8. The van der Waals surface area contributed by atoms with Crippen LogP contribution in [0.4, 0.5) is 17.1 Å². The Morgan fingerprint density at radius 3 is 2.42 bits per heavy atom. The first kappa shape index (κ1) is 20.6. The van der Waals surface area contributed by atoms with Gasteiger partial charge in [0.15, 0.2) is 5.75 Å².